The van der Waals surface area contributed by atoms with Gasteiger partial charge in [0.15, 0.2) is 5.82 Å². The summed E-state index contributed by atoms with van der Waals surface area (Å²) in [7, 11) is 0. The van der Waals surface area contributed by atoms with Crippen molar-refractivity contribution >= 4 is 33.6 Å². The summed E-state index contributed by atoms with van der Waals surface area (Å²) >= 11 is 3.22. The van der Waals surface area contributed by atoms with E-state index in [0.29, 0.717) is 10.3 Å². The van der Waals surface area contributed by atoms with Crippen molar-refractivity contribution in [3.8, 4) is 0 Å². The van der Waals surface area contributed by atoms with Crippen LogP contribution in [0.15, 0.2) is 35.0 Å². The standard InChI is InChI=1S/C9H5BrN2O2/c10-6-2-1-5-11-9(6)12-7(13)3-4-8(12)14/h1-5H. The highest BCUT2D eigenvalue weighted by Crippen LogP contribution is 2.25. The Morgan fingerprint density at radius 1 is 1.21 bits per heavy atom. The van der Waals surface area contributed by atoms with Crippen LogP contribution in [0, 0.1) is 0 Å². The highest BCUT2D eigenvalue weighted by molar-refractivity contribution is 9.10. The van der Waals surface area contributed by atoms with Gasteiger partial charge in [0.25, 0.3) is 11.8 Å². The summed E-state index contributed by atoms with van der Waals surface area (Å²) < 4.78 is 0.616. The van der Waals surface area contributed by atoms with Gasteiger partial charge in [-0.3, -0.25) is 9.59 Å². The number of anilines is 1. The molecule has 1 aliphatic heterocycles. The smallest absolute Gasteiger partial charge is 0.259 e. The second kappa shape index (κ2) is 3.34. The summed E-state index contributed by atoms with van der Waals surface area (Å²) in [6, 6.07) is 3.44. The zero-order chi connectivity index (χ0) is 10.1. The Balaban J connectivity index is 2.46. The quantitative estimate of drug-likeness (QED) is 0.708. The lowest BCUT2D eigenvalue weighted by molar-refractivity contribution is -0.120. The van der Waals surface area contributed by atoms with Crippen LogP contribution in [0.5, 0.6) is 0 Å². The van der Waals surface area contributed by atoms with Crippen molar-refractivity contribution in [2.75, 3.05) is 4.90 Å². The topological polar surface area (TPSA) is 50.3 Å². The molecule has 0 bridgehead atoms. The van der Waals surface area contributed by atoms with Gasteiger partial charge in [0, 0.05) is 18.3 Å². The van der Waals surface area contributed by atoms with E-state index in [9.17, 15) is 9.59 Å². The minimum absolute atomic E-state index is 0.326. The first-order valence-electron chi connectivity index (χ1n) is 3.87. The van der Waals surface area contributed by atoms with Crippen LogP contribution in [0.3, 0.4) is 0 Å². The number of carbonyl (C=O) groups excluding carboxylic acids is 2. The maximum absolute atomic E-state index is 11.3. The predicted molar refractivity (Wildman–Crippen MR) is 53.6 cm³/mol. The molecule has 0 saturated heterocycles. The van der Waals surface area contributed by atoms with E-state index in [-0.39, 0.29) is 11.8 Å². The first-order chi connectivity index (χ1) is 6.70. The van der Waals surface area contributed by atoms with Crippen LogP contribution in [-0.2, 0) is 9.59 Å². The maximum Gasteiger partial charge on any atom is 0.259 e. The van der Waals surface area contributed by atoms with Crippen molar-refractivity contribution in [1.82, 2.24) is 4.98 Å². The van der Waals surface area contributed by atoms with E-state index in [1.54, 1.807) is 12.1 Å². The fourth-order valence-electron chi connectivity index (χ4n) is 1.15. The number of hydrogen-bond acceptors (Lipinski definition) is 3. The Hall–Kier alpha value is -1.49. The molecule has 2 amide bonds. The van der Waals surface area contributed by atoms with E-state index in [0.717, 1.165) is 4.90 Å². The molecular weight excluding hydrogens is 248 g/mol. The first-order valence-corrected chi connectivity index (χ1v) is 4.66. The number of pyridine rings is 1. The summed E-state index contributed by atoms with van der Waals surface area (Å²) in [5, 5.41) is 0. The predicted octanol–water partition coefficient (Wildman–Crippen LogP) is 1.27. The van der Waals surface area contributed by atoms with Crippen molar-refractivity contribution in [1.29, 1.82) is 0 Å². The van der Waals surface area contributed by atoms with Gasteiger partial charge in [-0.25, -0.2) is 9.88 Å². The third-order valence-electron chi connectivity index (χ3n) is 1.76. The Morgan fingerprint density at radius 2 is 1.86 bits per heavy atom. The van der Waals surface area contributed by atoms with Crippen LogP contribution in [0.2, 0.25) is 0 Å². The summed E-state index contributed by atoms with van der Waals surface area (Å²) in [4.78, 5) is 27.6. The fourth-order valence-corrected chi connectivity index (χ4v) is 1.58. The maximum atomic E-state index is 11.3. The highest BCUT2D eigenvalue weighted by Gasteiger charge is 2.27. The molecule has 1 aliphatic rings. The van der Waals surface area contributed by atoms with Gasteiger partial charge in [0.2, 0.25) is 0 Å². The third kappa shape index (κ3) is 1.35. The van der Waals surface area contributed by atoms with E-state index < -0.39 is 0 Å². The monoisotopic (exact) mass is 252 g/mol. The second-order valence-electron chi connectivity index (χ2n) is 2.65. The minimum atomic E-state index is -0.366. The number of carbonyl (C=O) groups is 2. The number of rotatable bonds is 1. The lowest BCUT2D eigenvalue weighted by atomic mass is 10.4. The Bertz CT molecular complexity index is 424. The molecular formula is C9H5BrN2O2. The molecule has 0 N–H and O–H groups in total. The molecule has 14 heavy (non-hydrogen) atoms. The van der Waals surface area contributed by atoms with Crippen LogP contribution in [0.1, 0.15) is 0 Å². The summed E-state index contributed by atoms with van der Waals surface area (Å²) in [5.41, 5.74) is 0. The summed E-state index contributed by atoms with van der Waals surface area (Å²) in [6.07, 6.45) is 3.98. The molecule has 0 fully saturated rings. The van der Waals surface area contributed by atoms with Crippen LogP contribution in [0.4, 0.5) is 5.82 Å². The average molecular weight is 253 g/mol. The van der Waals surface area contributed by atoms with E-state index in [1.807, 2.05) is 0 Å². The first kappa shape index (κ1) is 9.08. The number of imide groups is 1. The molecule has 2 rings (SSSR count). The molecule has 0 atom stereocenters. The molecule has 0 aliphatic carbocycles. The summed E-state index contributed by atoms with van der Waals surface area (Å²) in [5.74, 6) is -0.406. The molecule has 4 nitrogen and oxygen atoms in total. The number of halogens is 1. The minimum Gasteiger partial charge on any atom is -0.269 e. The van der Waals surface area contributed by atoms with Crippen molar-refractivity contribution in [2.24, 2.45) is 0 Å². The van der Waals surface area contributed by atoms with Crippen molar-refractivity contribution < 1.29 is 9.59 Å². The second-order valence-corrected chi connectivity index (χ2v) is 3.51. The van der Waals surface area contributed by atoms with Gasteiger partial charge in [-0.15, -0.1) is 0 Å². The van der Waals surface area contributed by atoms with Gasteiger partial charge in [-0.1, -0.05) is 0 Å². The molecule has 0 saturated carbocycles. The molecule has 1 aromatic heterocycles. The molecule has 0 aromatic carbocycles. The largest absolute Gasteiger partial charge is 0.269 e. The number of aromatic nitrogens is 1. The lowest BCUT2D eigenvalue weighted by Crippen LogP contribution is -2.30. The van der Waals surface area contributed by atoms with Gasteiger partial charge >= 0.3 is 0 Å². The van der Waals surface area contributed by atoms with E-state index in [2.05, 4.69) is 20.9 Å². The van der Waals surface area contributed by atoms with E-state index in [1.165, 1.54) is 18.3 Å². The lowest BCUT2D eigenvalue weighted by Gasteiger charge is -2.13. The molecule has 70 valence electrons. The van der Waals surface area contributed by atoms with E-state index >= 15 is 0 Å². The van der Waals surface area contributed by atoms with Crippen molar-refractivity contribution in [2.45, 2.75) is 0 Å². The Kier molecular flexibility index (Phi) is 2.17. The number of nitrogens with zero attached hydrogens (tertiary/aromatic N) is 2. The van der Waals surface area contributed by atoms with Gasteiger partial charge in [0.05, 0.1) is 4.47 Å². The number of hydrogen-bond donors (Lipinski definition) is 0. The van der Waals surface area contributed by atoms with E-state index in [4.69, 9.17) is 0 Å². The third-order valence-corrected chi connectivity index (χ3v) is 2.38. The Morgan fingerprint density at radius 3 is 2.43 bits per heavy atom. The normalized spacial score (nSPS) is 15.4. The fraction of sp³-hybridized carbons (Fsp3) is 0. The van der Waals surface area contributed by atoms with Gasteiger partial charge < -0.3 is 0 Å². The average Bonchev–Trinajstić information content (AvgIpc) is 2.48. The van der Waals surface area contributed by atoms with Crippen LogP contribution in [-0.4, -0.2) is 16.8 Å². The van der Waals surface area contributed by atoms with Gasteiger partial charge in [-0.2, -0.15) is 0 Å². The SMILES string of the molecule is O=C1C=CC(=O)N1c1ncccc1Br. The van der Waals surface area contributed by atoms with Crippen molar-refractivity contribution in [3.05, 3.63) is 35.0 Å². The Labute approximate surface area is 88.4 Å². The molecule has 0 radical (unpaired) electrons. The van der Waals surface area contributed by atoms with Crippen LogP contribution < -0.4 is 4.90 Å². The molecule has 0 spiro atoms. The van der Waals surface area contributed by atoms with Gasteiger partial charge in [0.1, 0.15) is 0 Å². The number of amides is 2. The van der Waals surface area contributed by atoms with Crippen LogP contribution >= 0.6 is 15.9 Å². The van der Waals surface area contributed by atoms with Gasteiger partial charge in [-0.05, 0) is 28.1 Å². The zero-order valence-electron chi connectivity index (χ0n) is 6.98. The molecule has 5 heteroatoms. The van der Waals surface area contributed by atoms with Crippen LogP contribution in [0.25, 0.3) is 0 Å². The van der Waals surface area contributed by atoms with Crippen molar-refractivity contribution in [3.63, 3.8) is 0 Å². The molecule has 1 aromatic rings. The molecule has 2 heterocycles. The molecule has 0 unspecified atom stereocenters. The summed E-state index contributed by atoms with van der Waals surface area (Å²) in [6.45, 7) is 0. The highest BCUT2D eigenvalue weighted by atomic mass is 79.9. The zero-order valence-corrected chi connectivity index (χ0v) is 8.56.